The Morgan fingerprint density at radius 2 is 1.91 bits per heavy atom. The SMILES string of the molecule is C[C@H](C=O)C(=O)CC(C)(C)C. The summed E-state index contributed by atoms with van der Waals surface area (Å²) in [6.45, 7) is 7.61. The van der Waals surface area contributed by atoms with E-state index >= 15 is 0 Å². The number of hydrogen-bond acceptors (Lipinski definition) is 2. The zero-order valence-corrected chi connectivity index (χ0v) is 7.68. The molecule has 0 heterocycles. The number of aldehydes is 1. The third-order valence-corrected chi connectivity index (χ3v) is 1.42. The lowest BCUT2D eigenvalue weighted by Crippen LogP contribution is -2.19. The van der Waals surface area contributed by atoms with Gasteiger partial charge in [0.25, 0.3) is 0 Å². The fourth-order valence-electron chi connectivity index (χ4n) is 0.760. The van der Waals surface area contributed by atoms with Crippen molar-refractivity contribution in [2.24, 2.45) is 11.3 Å². The second-order valence-corrected chi connectivity index (χ2v) is 4.13. The van der Waals surface area contributed by atoms with E-state index in [9.17, 15) is 9.59 Å². The number of rotatable bonds is 3. The largest absolute Gasteiger partial charge is 0.303 e. The molecule has 1 atom stereocenters. The third kappa shape index (κ3) is 4.71. The van der Waals surface area contributed by atoms with Gasteiger partial charge in [-0.25, -0.2) is 0 Å². The molecule has 2 nitrogen and oxygen atoms in total. The van der Waals surface area contributed by atoms with Crippen LogP contribution in [-0.4, -0.2) is 12.1 Å². The minimum atomic E-state index is -0.436. The Bertz CT molecular complexity index is 153. The Kier molecular flexibility index (Phi) is 3.43. The van der Waals surface area contributed by atoms with Crippen LogP contribution in [0.25, 0.3) is 0 Å². The highest BCUT2D eigenvalue weighted by Crippen LogP contribution is 2.20. The van der Waals surface area contributed by atoms with Crippen molar-refractivity contribution in [2.45, 2.75) is 34.1 Å². The Hall–Kier alpha value is -0.660. The van der Waals surface area contributed by atoms with E-state index in [1.54, 1.807) is 6.92 Å². The number of ketones is 1. The second kappa shape index (κ2) is 3.65. The van der Waals surface area contributed by atoms with Crippen LogP contribution in [0.3, 0.4) is 0 Å². The molecule has 11 heavy (non-hydrogen) atoms. The van der Waals surface area contributed by atoms with Crippen LogP contribution in [-0.2, 0) is 9.59 Å². The highest BCUT2D eigenvalue weighted by Gasteiger charge is 2.19. The maximum absolute atomic E-state index is 11.2. The standard InChI is InChI=1S/C9H16O2/c1-7(6-10)8(11)5-9(2,3)4/h6-7H,5H2,1-4H3/t7-/m1/s1. The summed E-state index contributed by atoms with van der Waals surface area (Å²) >= 11 is 0. The van der Waals surface area contributed by atoms with Gasteiger partial charge in [0.05, 0.1) is 5.92 Å². The van der Waals surface area contributed by atoms with E-state index in [2.05, 4.69) is 0 Å². The van der Waals surface area contributed by atoms with E-state index in [0.717, 1.165) is 0 Å². The molecule has 0 aliphatic rings. The van der Waals surface area contributed by atoms with Crippen molar-refractivity contribution < 1.29 is 9.59 Å². The molecule has 0 bridgehead atoms. The maximum atomic E-state index is 11.2. The number of Topliss-reactive ketones (excluding diaryl/α,β-unsaturated/α-hetero) is 1. The molecule has 64 valence electrons. The number of hydrogen-bond donors (Lipinski definition) is 0. The fourth-order valence-corrected chi connectivity index (χ4v) is 0.760. The average Bonchev–Trinajstić information content (AvgIpc) is 1.82. The number of carbonyl (C=O) groups excluding carboxylic acids is 2. The van der Waals surface area contributed by atoms with E-state index in [1.165, 1.54) is 0 Å². The lowest BCUT2D eigenvalue weighted by atomic mass is 9.87. The molecule has 0 spiro atoms. The summed E-state index contributed by atoms with van der Waals surface area (Å²) in [6, 6.07) is 0. The van der Waals surface area contributed by atoms with Crippen LogP contribution >= 0.6 is 0 Å². The van der Waals surface area contributed by atoms with Crippen LogP contribution in [0.1, 0.15) is 34.1 Å². The molecule has 0 amide bonds. The normalized spacial score (nSPS) is 14.2. The smallest absolute Gasteiger partial charge is 0.143 e. The van der Waals surface area contributed by atoms with E-state index in [1.807, 2.05) is 20.8 Å². The molecular weight excluding hydrogens is 140 g/mol. The Morgan fingerprint density at radius 3 is 2.18 bits per heavy atom. The van der Waals surface area contributed by atoms with Crippen molar-refractivity contribution in [3.8, 4) is 0 Å². The summed E-state index contributed by atoms with van der Waals surface area (Å²) in [5, 5.41) is 0. The highest BCUT2D eigenvalue weighted by molar-refractivity contribution is 5.92. The van der Waals surface area contributed by atoms with Gasteiger partial charge in [-0.2, -0.15) is 0 Å². The molecule has 0 saturated heterocycles. The molecule has 0 saturated carbocycles. The van der Waals surface area contributed by atoms with E-state index in [4.69, 9.17) is 0 Å². The zero-order valence-electron chi connectivity index (χ0n) is 7.68. The van der Waals surface area contributed by atoms with Crippen molar-refractivity contribution in [1.82, 2.24) is 0 Å². The lowest BCUT2D eigenvalue weighted by Gasteiger charge is -2.17. The Balaban J connectivity index is 3.98. The van der Waals surface area contributed by atoms with Gasteiger partial charge in [-0.05, 0) is 12.3 Å². The summed E-state index contributed by atoms with van der Waals surface area (Å²) < 4.78 is 0. The summed E-state index contributed by atoms with van der Waals surface area (Å²) in [7, 11) is 0. The minimum absolute atomic E-state index is 0.00560. The molecular formula is C9H16O2. The molecule has 0 aliphatic carbocycles. The van der Waals surface area contributed by atoms with Crippen LogP contribution < -0.4 is 0 Å². The topological polar surface area (TPSA) is 34.1 Å². The molecule has 0 fully saturated rings. The predicted octanol–water partition coefficient (Wildman–Crippen LogP) is 1.83. The first kappa shape index (κ1) is 10.3. The molecule has 0 aromatic heterocycles. The van der Waals surface area contributed by atoms with Gasteiger partial charge in [0.2, 0.25) is 0 Å². The van der Waals surface area contributed by atoms with Crippen LogP contribution in [0.2, 0.25) is 0 Å². The molecule has 0 aliphatic heterocycles. The first-order valence-corrected chi connectivity index (χ1v) is 3.85. The Labute approximate surface area is 68.0 Å². The van der Waals surface area contributed by atoms with E-state index in [-0.39, 0.29) is 11.2 Å². The van der Waals surface area contributed by atoms with Gasteiger partial charge in [-0.3, -0.25) is 4.79 Å². The molecule has 0 rings (SSSR count). The fraction of sp³-hybridized carbons (Fsp3) is 0.778. The summed E-state index contributed by atoms with van der Waals surface area (Å²) in [5.74, 6) is -0.401. The second-order valence-electron chi connectivity index (χ2n) is 4.13. The van der Waals surface area contributed by atoms with Crippen LogP contribution in [0.15, 0.2) is 0 Å². The summed E-state index contributed by atoms with van der Waals surface area (Å²) in [5.41, 5.74) is -0.00560. The van der Waals surface area contributed by atoms with Gasteiger partial charge >= 0.3 is 0 Å². The lowest BCUT2D eigenvalue weighted by molar-refractivity contribution is -0.128. The molecule has 0 unspecified atom stereocenters. The predicted molar refractivity (Wildman–Crippen MR) is 44.3 cm³/mol. The van der Waals surface area contributed by atoms with Crippen molar-refractivity contribution in [3.63, 3.8) is 0 Å². The monoisotopic (exact) mass is 156 g/mol. The molecule has 0 radical (unpaired) electrons. The van der Waals surface area contributed by atoms with Crippen molar-refractivity contribution in [3.05, 3.63) is 0 Å². The van der Waals surface area contributed by atoms with E-state index in [0.29, 0.717) is 12.7 Å². The maximum Gasteiger partial charge on any atom is 0.143 e. The number of carbonyl (C=O) groups is 2. The van der Waals surface area contributed by atoms with Gasteiger partial charge in [-0.15, -0.1) is 0 Å². The molecule has 0 aromatic rings. The first-order valence-electron chi connectivity index (χ1n) is 3.85. The minimum Gasteiger partial charge on any atom is -0.303 e. The van der Waals surface area contributed by atoms with Crippen molar-refractivity contribution >= 4 is 12.1 Å². The summed E-state index contributed by atoms with van der Waals surface area (Å²) in [6.07, 6.45) is 1.18. The molecule has 2 heteroatoms. The zero-order chi connectivity index (χ0) is 9.07. The van der Waals surface area contributed by atoms with E-state index < -0.39 is 5.92 Å². The van der Waals surface area contributed by atoms with Crippen molar-refractivity contribution in [1.29, 1.82) is 0 Å². The van der Waals surface area contributed by atoms with Gasteiger partial charge in [0.15, 0.2) is 0 Å². The van der Waals surface area contributed by atoms with Crippen molar-refractivity contribution in [2.75, 3.05) is 0 Å². The van der Waals surface area contributed by atoms with Gasteiger partial charge in [-0.1, -0.05) is 20.8 Å². The quantitative estimate of drug-likeness (QED) is 0.461. The van der Waals surface area contributed by atoms with Gasteiger partial charge < -0.3 is 4.79 Å². The highest BCUT2D eigenvalue weighted by atomic mass is 16.1. The van der Waals surface area contributed by atoms with Crippen LogP contribution in [0, 0.1) is 11.3 Å². The first-order chi connectivity index (χ1) is 4.87. The average molecular weight is 156 g/mol. The van der Waals surface area contributed by atoms with Gasteiger partial charge in [0, 0.05) is 6.42 Å². The van der Waals surface area contributed by atoms with Crippen LogP contribution in [0.5, 0.6) is 0 Å². The van der Waals surface area contributed by atoms with Crippen LogP contribution in [0.4, 0.5) is 0 Å². The molecule has 0 N–H and O–H groups in total. The third-order valence-electron chi connectivity index (χ3n) is 1.42. The Morgan fingerprint density at radius 1 is 1.45 bits per heavy atom. The summed E-state index contributed by atoms with van der Waals surface area (Å²) in [4.78, 5) is 21.4. The molecule has 0 aromatic carbocycles. The van der Waals surface area contributed by atoms with Gasteiger partial charge in [0.1, 0.15) is 12.1 Å².